The first-order chi connectivity index (χ1) is 17.6. The number of fused-ring (bicyclic) bond motifs is 1. The van der Waals surface area contributed by atoms with Gasteiger partial charge in [-0.05, 0) is 54.1 Å². The highest BCUT2D eigenvalue weighted by Gasteiger charge is 2.15. The van der Waals surface area contributed by atoms with E-state index >= 15 is 0 Å². The van der Waals surface area contributed by atoms with Crippen molar-refractivity contribution >= 4 is 22.6 Å². The van der Waals surface area contributed by atoms with Crippen LogP contribution in [0.2, 0.25) is 0 Å². The van der Waals surface area contributed by atoms with Gasteiger partial charge in [0.1, 0.15) is 28.6 Å². The lowest BCUT2D eigenvalue weighted by atomic mass is 10.1. The highest BCUT2D eigenvalue weighted by atomic mass is 16.5. The van der Waals surface area contributed by atoms with Gasteiger partial charge in [-0.15, -0.1) is 0 Å². The summed E-state index contributed by atoms with van der Waals surface area (Å²) < 4.78 is 17.2. The Hall–Kier alpha value is -4.71. The van der Waals surface area contributed by atoms with Crippen LogP contribution in [0.5, 0.6) is 17.2 Å². The number of furan rings is 1. The maximum Gasteiger partial charge on any atom is 0.259 e. The van der Waals surface area contributed by atoms with E-state index in [-0.39, 0.29) is 11.3 Å². The van der Waals surface area contributed by atoms with Crippen LogP contribution in [-0.4, -0.2) is 24.7 Å². The number of para-hydroxylation sites is 2. The number of methoxy groups -OCH3 is 1. The minimum absolute atomic E-state index is 0.114. The van der Waals surface area contributed by atoms with E-state index in [0.29, 0.717) is 35.8 Å². The van der Waals surface area contributed by atoms with Crippen molar-refractivity contribution in [3.63, 3.8) is 0 Å². The highest BCUT2D eigenvalue weighted by molar-refractivity contribution is 6.07. The SMILES string of the molecule is COc1ccccc1CCOc1cccc(NC(=O)c2cc(-c3cc4ccccc4o3)ccc2O)c1. The first kappa shape index (κ1) is 23.1. The fourth-order valence-corrected chi connectivity index (χ4v) is 4.05. The molecule has 0 fully saturated rings. The van der Waals surface area contributed by atoms with Gasteiger partial charge in [-0.25, -0.2) is 0 Å². The van der Waals surface area contributed by atoms with Crippen LogP contribution in [0.25, 0.3) is 22.3 Å². The van der Waals surface area contributed by atoms with Gasteiger partial charge in [0.05, 0.1) is 19.3 Å². The maximum atomic E-state index is 13.0. The molecule has 0 bridgehead atoms. The molecule has 0 spiro atoms. The summed E-state index contributed by atoms with van der Waals surface area (Å²) in [5.74, 6) is 1.53. The second-order valence-electron chi connectivity index (χ2n) is 8.27. The van der Waals surface area contributed by atoms with Gasteiger partial charge in [-0.1, -0.05) is 42.5 Å². The summed E-state index contributed by atoms with van der Waals surface area (Å²) >= 11 is 0. The molecule has 1 aromatic heterocycles. The third-order valence-corrected chi connectivity index (χ3v) is 5.88. The van der Waals surface area contributed by atoms with Crippen LogP contribution < -0.4 is 14.8 Å². The molecule has 4 aromatic carbocycles. The molecule has 0 atom stereocenters. The molecule has 0 aliphatic carbocycles. The molecule has 0 aliphatic heterocycles. The average Bonchev–Trinajstić information content (AvgIpc) is 3.34. The Bertz CT molecular complexity index is 1490. The van der Waals surface area contributed by atoms with E-state index in [1.807, 2.05) is 60.7 Å². The zero-order valence-electron chi connectivity index (χ0n) is 19.7. The Balaban J connectivity index is 1.28. The second-order valence-corrected chi connectivity index (χ2v) is 8.27. The number of rotatable bonds is 8. The van der Waals surface area contributed by atoms with Crippen LogP contribution in [0, 0.1) is 0 Å². The summed E-state index contributed by atoms with van der Waals surface area (Å²) in [6, 6.07) is 29.4. The minimum Gasteiger partial charge on any atom is -0.507 e. The van der Waals surface area contributed by atoms with Gasteiger partial charge in [0.25, 0.3) is 5.91 Å². The predicted octanol–water partition coefficient (Wildman–Crippen LogP) is 6.69. The number of aromatic hydroxyl groups is 1. The summed E-state index contributed by atoms with van der Waals surface area (Å²) in [7, 11) is 1.65. The number of phenols is 1. The van der Waals surface area contributed by atoms with Crippen LogP contribution in [0.1, 0.15) is 15.9 Å². The largest absolute Gasteiger partial charge is 0.507 e. The van der Waals surface area contributed by atoms with Gasteiger partial charge < -0.3 is 24.3 Å². The fraction of sp³-hybridized carbons (Fsp3) is 0.100. The lowest BCUT2D eigenvalue weighted by Gasteiger charge is -2.12. The van der Waals surface area contributed by atoms with E-state index in [9.17, 15) is 9.90 Å². The monoisotopic (exact) mass is 479 g/mol. The lowest BCUT2D eigenvalue weighted by Crippen LogP contribution is -2.12. The molecule has 2 N–H and O–H groups in total. The molecule has 0 radical (unpaired) electrons. The van der Waals surface area contributed by atoms with Crippen LogP contribution in [-0.2, 0) is 6.42 Å². The van der Waals surface area contributed by atoms with Crippen LogP contribution >= 0.6 is 0 Å². The molecule has 1 amide bonds. The number of amides is 1. The van der Waals surface area contributed by atoms with Crippen molar-refractivity contribution in [2.45, 2.75) is 6.42 Å². The summed E-state index contributed by atoms with van der Waals surface area (Å²) in [4.78, 5) is 13.0. The van der Waals surface area contributed by atoms with Crippen molar-refractivity contribution in [3.05, 3.63) is 108 Å². The maximum absolute atomic E-state index is 13.0. The fourth-order valence-electron chi connectivity index (χ4n) is 4.05. The van der Waals surface area contributed by atoms with Gasteiger partial charge in [-0.2, -0.15) is 0 Å². The number of carbonyl (C=O) groups is 1. The lowest BCUT2D eigenvalue weighted by molar-refractivity contribution is 0.102. The van der Waals surface area contributed by atoms with E-state index in [2.05, 4.69) is 5.32 Å². The quantitative estimate of drug-likeness (QED) is 0.259. The number of hydrogen-bond donors (Lipinski definition) is 2. The molecule has 0 unspecified atom stereocenters. The summed E-state index contributed by atoms with van der Waals surface area (Å²) in [5, 5.41) is 14.2. The van der Waals surface area contributed by atoms with Gasteiger partial charge >= 0.3 is 0 Å². The third-order valence-electron chi connectivity index (χ3n) is 5.88. The van der Waals surface area contributed by atoms with Crippen molar-refractivity contribution in [3.8, 4) is 28.6 Å². The first-order valence-corrected chi connectivity index (χ1v) is 11.6. The Morgan fingerprint density at radius 1 is 0.917 bits per heavy atom. The number of anilines is 1. The average molecular weight is 480 g/mol. The van der Waals surface area contributed by atoms with Crippen molar-refractivity contribution in [1.29, 1.82) is 0 Å². The van der Waals surface area contributed by atoms with Crippen molar-refractivity contribution in [2.75, 3.05) is 19.0 Å². The van der Waals surface area contributed by atoms with E-state index in [1.165, 1.54) is 6.07 Å². The number of benzene rings is 4. The van der Waals surface area contributed by atoms with Crippen LogP contribution in [0.3, 0.4) is 0 Å². The zero-order valence-corrected chi connectivity index (χ0v) is 19.7. The number of hydrogen-bond acceptors (Lipinski definition) is 5. The molecule has 5 aromatic rings. The van der Waals surface area contributed by atoms with Gasteiger partial charge in [0.2, 0.25) is 0 Å². The van der Waals surface area contributed by atoms with Gasteiger partial charge in [-0.3, -0.25) is 4.79 Å². The van der Waals surface area contributed by atoms with E-state index < -0.39 is 5.91 Å². The molecule has 6 nitrogen and oxygen atoms in total. The Labute approximate surface area is 208 Å². The van der Waals surface area contributed by atoms with E-state index in [4.69, 9.17) is 13.9 Å². The predicted molar refractivity (Wildman–Crippen MR) is 140 cm³/mol. The summed E-state index contributed by atoms with van der Waals surface area (Å²) in [6.45, 7) is 0.456. The molecular weight excluding hydrogens is 454 g/mol. The molecular formula is C30H25NO5. The summed E-state index contributed by atoms with van der Waals surface area (Å²) in [5.41, 5.74) is 3.22. The van der Waals surface area contributed by atoms with Gasteiger partial charge in [0.15, 0.2) is 0 Å². The van der Waals surface area contributed by atoms with Crippen molar-refractivity contribution < 1.29 is 23.8 Å². The topological polar surface area (TPSA) is 80.9 Å². The van der Waals surface area contributed by atoms with E-state index in [1.54, 1.807) is 37.4 Å². The van der Waals surface area contributed by atoms with Crippen LogP contribution in [0.15, 0.2) is 101 Å². The number of phenolic OH excluding ortho intramolecular Hbond substituents is 1. The minimum atomic E-state index is -0.434. The zero-order chi connectivity index (χ0) is 24.9. The van der Waals surface area contributed by atoms with Gasteiger partial charge in [0, 0.05) is 29.1 Å². The van der Waals surface area contributed by atoms with E-state index in [0.717, 1.165) is 22.3 Å². The molecule has 5 rings (SSSR count). The first-order valence-electron chi connectivity index (χ1n) is 11.6. The second kappa shape index (κ2) is 10.3. The third kappa shape index (κ3) is 5.03. The van der Waals surface area contributed by atoms with Crippen molar-refractivity contribution in [1.82, 2.24) is 0 Å². The molecule has 6 heteroatoms. The Morgan fingerprint density at radius 3 is 2.61 bits per heavy atom. The molecule has 0 saturated carbocycles. The molecule has 36 heavy (non-hydrogen) atoms. The summed E-state index contributed by atoms with van der Waals surface area (Å²) in [6.07, 6.45) is 0.684. The number of ether oxygens (including phenoxy) is 2. The highest BCUT2D eigenvalue weighted by Crippen LogP contribution is 2.31. The van der Waals surface area contributed by atoms with Crippen molar-refractivity contribution in [2.24, 2.45) is 0 Å². The molecule has 1 heterocycles. The molecule has 0 aliphatic rings. The molecule has 180 valence electrons. The number of carbonyl (C=O) groups excluding carboxylic acids is 1. The van der Waals surface area contributed by atoms with Crippen LogP contribution in [0.4, 0.5) is 5.69 Å². The normalized spacial score (nSPS) is 10.8. The Kier molecular flexibility index (Phi) is 6.58. The standard InChI is InChI=1S/C30H25NO5/c1-34-27-11-4-2-7-20(27)15-16-35-24-10-6-9-23(19-24)31-30(33)25-17-22(13-14-26(25)32)29-18-21-8-3-5-12-28(21)36-29/h2-14,17-19,32H,15-16H2,1H3,(H,31,33). The number of nitrogens with one attached hydrogen (secondary N) is 1. The Morgan fingerprint density at radius 2 is 1.75 bits per heavy atom. The molecule has 0 saturated heterocycles. The smallest absolute Gasteiger partial charge is 0.259 e.